The van der Waals surface area contributed by atoms with Crippen LogP contribution < -0.4 is 5.32 Å². The predicted octanol–water partition coefficient (Wildman–Crippen LogP) is 1.60. The molecule has 1 heterocycles. The van der Waals surface area contributed by atoms with E-state index in [-0.39, 0.29) is 0 Å². The van der Waals surface area contributed by atoms with Crippen LogP contribution in [-0.2, 0) is 6.42 Å². The SMILES string of the molecule is CCNCCc1scnc1C. The van der Waals surface area contributed by atoms with Gasteiger partial charge in [-0.15, -0.1) is 11.3 Å². The molecule has 0 bridgehead atoms. The van der Waals surface area contributed by atoms with Gasteiger partial charge in [-0.3, -0.25) is 0 Å². The van der Waals surface area contributed by atoms with Crippen LogP contribution >= 0.6 is 11.3 Å². The normalized spacial score (nSPS) is 10.4. The Labute approximate surface area is 71.7 Å². The number of likely N-dealkylation sites (N-methyl/N-ethyl adjacent to an activating group) is 1. The van der Waals surface area contributed by atoms with Crippen LogP contribution in [0.3, 0.4) is 0 Å². The van der Waals surface area contributed by atoms with E-state index < -0.39 is 0 Å². The van der Waals surface area contributed by atoms with Gasteiger partial charge in [-0.05, 0) is 19.9 Å². The quantitative estimate of drug-likeness (QED) is 0.694. The minimum atomic E-state index is 1.05. The van der Waals surface area contributed by atoms with Crippen molar-refractivity contribution in [3.63, 3.8) is 0 Å². The van der Waals surface area contributed by atoms with Crippen molar-refractivity contribution in [3.8, 4) is 0 Å². The summed E-state index contributed by atoms with van der Waals surface area (Å²) in [6.45, 7) is 6.31. The molecule has 0 amide bonds. The number of hydrogen-bond donors (Lipinski definition) is 1. The fourth-order valence-electron chi connectivity index (χ4n) is 0.945. The first-order valence-electron chi connectivity index (χ1n) is 3.94. The van der Waals surface area contributed by atoms with Crippen LogP contribution in [0.5, 0.6) is 0 Å². The molecule has 1 aromatic heterocycles. The zero-order chi connectivity index (χ0) is 8.10. The molecular formula is C8H14N2S. The van der Waals surface area contributed by atoms with E-state index in [9.17, 15) is 0 Å². The lowest BCUT2D eigenvalue weighted by molar-refractivity contribution is 0.719. The molecule has 2 nitrogen and oxygen atoms in total. The summed E-state index contributed by atoms with van der Waals surface area (Å²) < 4.78 is 0. The monoisotopic (exact) mass is 170 g/mol. The third-order valence-electron chi connectivity index (χ3n) is 1.62. The molecule has 0 aliphatic heterocycles. The molecule has 62 valence electrons. The first kappa shape index (κ1) is 8.68. The summed E-state index contributed by atoms with van der Waals surface area (Å²) in [5.74, 6) is 0. The highest BCUT2D eigenvalue weighted by molar-refractivity contribution is 7.09. The molecule has 1 rings (SSSR count). The van der Waals surface area contributed by atoms with Gasteiger partial charge in [0, 0.05) is 11.4 Å². The van der Waals surface area contributed by atoms with Gasteiger partial charge in [0.2, 0.25) is 0 Å². The topological polar surface area (TPSA) is 24.9 Å². The van der Waals surface area contributed by atoms with Crippen molar-refractivity contribution >= 4 is 11.3 Å². The maximum Gasteiger partial charge on any atom is 0.0797 e. The van der Waals surface area contributed by atoms with Crippen LogP contribution in [0.25, 0.3) is 0 Å². The Morgan fingerprint density at radius 2 is 2.45 bits per heavy atom. The van der Waals surface area contributed by atoms with E-state index in [2.05, 4.69) is 24.1 Å². The summed E-state index contributed by atoms with van der Waals surface area (Å²) in [4.78, 5) is 5.59. The zero-order valence-electron chi connectivity index (χ0n) is 7.05. The Kier molecular flexibility index (Phi) is 3.52. The largest absolute Gasteiger partial charge is 0.317 e. The van der Waals surface area contributed by atoms with E-state index in [1.807, 2.05) is 5.51 Å². The summed E-state index contributed by atoms with van der Waals surface area (Å²) in [6, 6.07) is 0. The highest BCUT2D eigenvalue weighted by atomic mass is 32.1. The lowest BCUT2D eigenvalue weighted by Crippen LogP contribution is -2.15. The summed E-state index contributed by atoms with van der Waals surface area (Å²) in [6.07, 6.45) is 1.12. The standard InChI is InChI=1S/C8H14N2S/c1-3-9-5-4-8-7(2)10-6-11-8/h6,9H,3-5H2,1-2H3. The Bertz CT molecular complexity index is 208. The maximum absolute atomic E-state index is 4.19. The van der Waals surface area contributed by atoms with Crippen LogP contribution in [0.15, 0.2) is 5.51 Å². The van der Waals surface area contributed by atoms with E-state index in [4.69, 9.17) is 0 Å². The van der Waals surface area contributed by atoms with Crippen LogP contribution in [0.2, 0.25) is 0 Å². The minimum absolute atomic E-state index is 1.05. The average molecular weight is 170 g/mol. The van der Waals surface area contributed by atoms with Crippen molar-refractivity contribution in [3.05, 3.63) is 16.1 Å². The molecule has 3 heteroatoms. The van der Waals surface area contributed by atoms with Gasteiger partial charge in [-0.25, -0.2) is 4.98 Å². The van der Waals surface area contributed by atoms with Crippen LogP contribution in [0.1, 0.15) is 17.5 Å². The molecule has 1 N–H and O–H groups in total. The molecule has 0 atom stereocenters. The molecule has 0 saturated heterocycles. The van der Waals surface area contributed by atoms with Gasteiger partial charge in [-0.1, -0.05) is 6.92 Å². The Balaban J connectivity index is 2.32. The lowest BCUT2D eigenvalue weighted by Gasteiger charge is -1.98. The van der Waals surface area contributed by atoms with Gasteiger partial charge in [0.15, 0.2) is 0 Å². The Morgan fingerprint density at radius 1 is 1.64 bits per heavy atom. The fraction of sp³-hybridized carbons (Fsp3) is 0.625. The molecule has 0 saturated carbocycles. The van der Waals surface area contributed by atoms with Crippen molar-refractivity contribution < 1.29 is 0 Å². The molecule has 0 radical (unpaired) electrons. The first-order valence-corrected chi connectivity index (χ1v) is 4.82. The van der Waals surface area contributed by atoms with E-state index in [1.54, 1.807) is 11.3 Å². The van der Waals surface area contributed by atoms with Gasteiger partial charge in [-0.2, -0.15) is 0 Å². The third kappa shape index (κ3) is 2.60. The van der Waals surface area contributed by atoms with Gasteiger partial charge in [0.1, 0.15) is 0 Å². The van der Waals surface area contributed by atoms with Crippen molar-refractivity contribution in [1.82, 2.24) is 10.3 Å². The van der Waals surface area contributed by atoms with Crippen molar-refractivity contribution in [1.29, 1.82) is 0 Å². The molecular weight excluding hydrogens is 156 g/mol. The van der Waals surface area contributed by atoms with Crippen molar-refractivity contribution in [2.45, 2.75) is 20.3 Å². The summed E-state index contributed by atoms with van der Waals surface area (Å²) in [5.41, 5.74) is 3.10. The summed E-state index contributed by atoms with van der Waals surface area (Å²) >= 11 is 1.75. The number of aromatic nitrogens is 1. The Morgan fingerprint density at radius 3 is 3.00 bits per heavy atom. The molecule has 0 aliphatic rings. The molecule has 0 aliphatic carbocycles. The smallest absolute Gasteiger partial charge is 0.0797 e. The lowest BCUT2D eigenvalue weighted by atomic mass is 10.3. The zero-order valence-corrected chi connectivity index (χ0v) is 7.87. The van der Waals surface area contributed by atoms with Gasteiger partial charge >= 0.3 is 0 Å². The Hall–Kier alpha value is -0.410. The van der Waals surface area contributed by atoms with Gasteiger partial charge in [0.25, 0.3) is 0 Å². The van der Waals surface area contributed by atoms with E-state index in [1.165, 1.54) is 10.6 Å². The molecule has 0 aromatic carbocycles. The van der Waals surface area contributed by atoms with Gasteiger partial charge < -0.3 is 5.32 Å². The highest BCUT2D eigenvalue weighted by Crippen LogP contribution is 2.11. The number of aryl methyl sites for hydroxylation is 1. The summed E-state index contributed by atoms with van der Waals surface area (Å²) in [7, 11) is 0. The van der Waals surface area contributed by atoms with Crippen LogP contribution in [-0.4, -0.2) is 18.1 Å². The molecule has 1 aromatic rings. The van der Waals surface area contributed by atoms with E-state index in [0.717, 1.165) is 19.5 Å². The average Bonchev–Trinajstić information content (AvgIpc) is 2.37. The third-order valence-corrected chi connectivity index (χ3v) is 2.62. The van der Waals surface area contributed by atoms with Crippen LogP contribution in [0.4, 0.5) is 0 Å². The number of nitrogens with zero attached hydrogens (tertiary/aromatic N) is 1. The second kappa shape index (κ2) is 4.46. The summed E-state index contributed by atoms with van der Waals surface area (Å²) in [5, 5.41) is 3.29. The number of thiazole rings is 1. The molecule has 0 spiro atoms. The number of hydrogen-bond acceptors (Lipinski definition) is 3. The fourth-order valence-corrected chi connectivity index (χ4v) is 1.73. The first-order chi connectivity index (χ1) is 5.34. The number of rotatable bonds is 4. The second-order valence-corrected chi connectivity index (χ2v) is 3.40. The van der Waals surface area contributed by atoms with Crippen LogP contribution in [0, 0.1) is 6.92 Å². The van der Waals surface area contributed by atoms with E-state index in [0.29, 0.717) is 0 Å². The highest BCUT2D eigenvalue weighted by Gasteiger charge is 1.98. The molecule has 0 fully saturated rings. The van der Waals surface area contributed by atoms with Crippen molar-refractivity contribution in [2.24, 2.45) is 0 Å². The minimum Gasteiger partial charge on any atom is -0.317 e. The van der Waals surface area contributed by atoms with Gasteiger partial charge in [0.05, 0.1) is 11.2 Å². The van der Waals surface area contributed by atoms with E-state index >= 15 is 0 Å². The second-order valence-electron chi connectivity index (χ2n) is 2.46. The molecule has 0 unspecified atom stereocenters. The van der Waals surface area contributed by atoms with Crippen molar-refractivity contribution in [2.75, 3.05) is 13.1 Å². The molecule has 11 heavy (non-hydrogen) atoms. The number of nitrogens with one attached hydrogen (secondary N) is 1. The maximum atomic E-state index is 4.19. The predicted molar refractivity (Wildman–Crippen MR) is 49.1 cm³/mol.